The van der Waals surface area contributed by atoms with Crippen molar-refractivity contribution in [3.63, 3.8) is 0 Å². The Bertz CT molecular complexity index is 2370. The third kappa shape index (κ3) is 4.37. The van der Waals surface area contributed by atoms with Crippen molar-refractivity contribution in [3.8, 4) is 17.4 Å². The summed E-state index contributed by atoms with van der Waals surface area (Å²) >= 11 is 0. The van der Waals surface area contributed by atoms with Crippen LogP contribution in [-0.4, -0.2) is 9.13 Å². The first-order chi connectivity index (χ1) is 21.7. The number of nitriles is 1. The number of nitrogens with zero attached hydrogens (tertiary/aromatic N) is 3. The fraction of sp³-hybridized carbons (Fsp3) is 0.0882. The molecule has 0 bridgehead atoms. The van der Waals surface area contributed by atoms with Gasteiger partial charge in [-0.25, -0.2) is 0 Å². The average Bonchev–Trinajstić information content (AvgIpc) is 3.52. The lowest BCUT2D eigenvalue weighted by Gasteiger charge is -2.17. The lowest BCUT2D eigenvalue weighted by atomic mass is 10.1. The van der Waals surface area contributed by atoms with Gasteiger partial charge in [0.2, 0.25) is 0 Å². The quantitative estimate of drug-likeness (QED) is 0.174. The summed E-state index contributed by atoms with van der Waals surface area (Å²) in [6.07, 6.45) is -15.0. The molecule has 5 aromatic carbocycles. The van der Waals surface area contributed by atoms with Crippen LogP contribution in [0.3, 0.4) is 0 Å². The Morgan fingerprint density at radius 2 is 1.00 bits per heavy atom. The average molecular weight is 638 g/mol. The highest BCUT2D eigenvalue weighted by Gasteiger charge is 2.38. The lowest BCUT2D eigenvalue weighted by Crippen LogP contribution is -2.12. The Morgan fingerprint density at radius 1 is 0.500 bits per heavy atom. The largest absolute Gasteiger partial charge is 0.418 e. The maximum atomic E-state index is 14.4. The molecule has 0 aliphatic rings. The van der Waals surface area contributed by atoms with E-state index in [0.717, 1.165) is 12.1 Å². The number of hydrogen-bond donors (Lipinski definition) is 0. The van der Waals surface area contributed by atoms with Gasteiger partial charge < -0.3 is 9.13 Å². The number of fused-ring (bicyclic) bond motifs is 7. The molecule has 0 saturated carbocycles. The molecule has 0 N–H and O–H groups in total. The minimum Gasteiger partial charge on any atom is -0.309 e. The molecule has 0 aliphatic heterocycles. The second kappa shape index (κ2) is 9.78. The summed E-state index contributed by atoms with van der Waals surface area (Å²) in [7, 11) is 0. The Balaban J connectivity index is 1.68. The molecule has 12 heteroatoms. The first kappa shape index (κ1) is 29.3. The summed E-state index contributed by atoms with van der Waals surface area (Å²) in [5.41, 5.74) is -4.01. The predicted octanol–water partition coefficient (Wildman–Crippen LogP) is 10.8. The molecule has 0 atom stereocenters. The van der Waals surface area contributed by atoms with E-state index in [-0.39, 0.29) is 28.2 Å². The SMILES string of the molecule is N#Cc1cccc(C(F)(F)F)c1-n1c2ccccc2c2c3c4ccccc4n(-c4cc(C(F)(F)F)cc(C(F)(F)F)c4)c3ccc21. The van der Waals surface area contributed by atoms with Gasteiger partial charge in [-0.3, -0.25) is 0 Å². The van der Waals surface area contributed by atoms with Gasteiger partial charge in [0.25, 0.3) is 0 Å². The number of para-hydroxylation sites is 3. The van der Waals surface area contributed by atoms with Gasteiger partial charge >= 0.3 is 18.5 Å². The molecule has 2 heterocycles. The van der Waals surface area contributed by atoms with Crippen molar-refractivity contribution in [2.45, 2.75) is 18.5 Å². The zero-order valence-corrected chi connectivity index (χ0v) is 23.0. The topological polar surface area (TPSA) is 33.6 Å². The van der Waals surface area contributed by atoms with E-state index in [0.29, 0.717) is 39.2 Å². The maximum absolute atomic E-state index is 14.4. The van der Waals surface area contributed by atoms with Gasteiger partial charge in [-0.2, -0.15) is 44.8 Å². The second-order valence-electron chi connectivity index (χ2n) is 10.6. The molecule has 46 heavy (non-hydrogen) atoms. The number of aromatic nitrogens is 2. The second-order valence-corrected chi connectivity index (χ2v) is 10.6. The van der Waals surface area contributed by atoms with Crippen LogP contribution in [0.25, 0.3) is 55.0 Å². The highest BCUT2D eigenvalue weighted by Crippen LogP contribution is 2.46. The van der Waals surface area contributed by atoms with Crippen molar-refractivity contribution in [2.24, 2.45) is 0 Å². The lowest BCUT2D eigenvalue weighted by molar-refractivity contribution is -0.143. The molecule has 0 aliphatic carbocycles. The van der Waals surface area contributed by atoms with Crippen LogP contribution in [0.15, 0.2) is 97.1 Å². The molecule has 7 aromatic rings. The van der Waals surface area contributed by atoms with Gasteiger partial charge in [-0.15, -0.1) is 0 Å². The van der Waals surface area contributed by atoms with Gasteiger partial charge in [0.15, 0.2) is 0 Å². The van der Waals surface area contributed by atoms with E-state index in [1.165, 1.54) is 27.3 Å². The van der Waals surface area contributed by atoms with E-state index < -0.39 is 46.6 Å². The summed E-state index contributed by atoms with van der Waals surface area (Å²) in [6, 6.07) is 22.3. The molecule has 7 rings (SSSR count). The molecule has 0 radical (unpaired) electrons. The fourth-order valence-corrected chi connectivity index (χ4v) is 6.21. The highest BCUT2D eigenvalue weighted by molar-refractivity contribution is 6.29. The van der Waals surface area contributed by atoms with Gasteiger partial charge in [-0.1, -0.05) is 42.5 Å². The summed E-state index contributed by atoms with van der Waals surface area (Å²) in [5, 5.41) is 11.6. The van der Waals surface area contributed by atoms with Gasteiger partial charge in [0.1, 0.15) is 6.07 Å². The van der Waals surface area contributed by atoms with Crippen molar-refractivity contribution in [2.75, 3.05) is 0 Å². The fourth-order valence-electron chi connectivity index (χ4n) is 6.21. The highest BCUT2D eigenvalue weighted by atomic mass is 19.4. The standard InChI is InChI=1S/C34H16F9N3/c35-32(36,37)19-14-20(33(38,39)40)16-21(15-19)45-25-10-3-1-7-22(25)29-27(45)12-13-28-30(29)23-8-2-4-11-26(23)46(28)31-18(17-44)6-5-9-24(31)34(41,42)43/h1-16H. The molecule has 3 nitrogen and oxygen atoms in total. The van der Waals surface area contributed by atoms with Crippen LogP contribution >= 0.6 is 0 Å². The first-order valence-corrected chi connectivity index (χ1v) is 13.6. The van der Waals surface area contributed by atoms with Crippen LogP contribution in [0.2, 0.25) is 0 Å². The van der Waals surface area contributed by atoms with Crippen LogP contribution in [0.5, 0.6) is 0 Å². The number of halogens is 9. The third-order valence-electron chi connectivity index (χ3n) is 7.99. The third-order valence-corrected chi connectivity index (χ3v) is 7.99. The minimum atomic E-state index is -5.08. The van der Waals surface area contributed by atoms with Crippen molar-refractivity contribution in [1.82, 2.24) is 9.13 Å². The molecule has 0 fully saturated rings. The van der Waals surface area contributed by atoms with Crippen LogP contribution in [0, 0.1) is 11.3 Å². The van der Waals surface area contributed by atoms with Crippen LogP contribution in [0.4, 0.5) is 39.5 Å². The minimum absolute atomic E-state index is 0.0497. The van der Waals surface area contributed by atoms with E-state index in [4.69, 9.17) is 0 Å². The first-order valence-electron chi connectivity index (χ1n) is 13.6. The number of alkyl halides is 9. The number of hydrogen-bond acceptors (Lipinski definition) is 1. The normalized spacial score (nSPS) is 12.9. The van der Waals surface area contributed by atoms with E-state index >= 15 is 0 Å². The van der Waals surface area contributed by atoms with E-state index in [1.54, 1.807) is 48.5 Å². The van der Waals surface area contributed by atoms with Gasteiger partial charge in [0, 0.05) is 27.2 Å². The zero-order valence-electron chi connectivity index (χ0n) is 23.0. The van der Waals surface area contributed by atoms with Crippen molar-refractivity contribution in [3.05, 3.63) is 119 Å². The van der Waals surface area contributed by atoms with Crippen molar-refractivity contribution in [1.29, 1.82) is 5.26 Å². The molecule has 0 amide bonds. The van der Waals surface area contributed by atoms with Crippen LogP contribution in [0.1, 0.15) is 22.3 Å². The molecule has 0 saturated heterocycles. The monoisotopic (exact) mass is 637 g/mol. The number of benzene rings is 5. The zero-order chi connectivity index (χ0) is 32.8. The van der Waals surface area contributed by atoms with Gasteiger partial charge in [-0.05, 0) is 54.6 Å². The maximum Gasteiger partial charge on any atom is 0.418 e. The molecule has 0 spiro atoms. The van der Waals surface area contributed by atoms with E-state index in [9.17, 15) is 44.8 Å². The molecule has 0 unspecified atom stereocenters. The molecular formula is C34H16F9N3. The number of rotatable bonds is 2. The summed E-state index contributed by atoms with van der Waals surface area (Å²) in [5.74, 6) is 0. The molecular weight excluding hydrogens is 621 g/mol. The summed E-state index contributed by atoms with van der Waals surface area (Å²) in [4.78, 5) is 0. The molecule has 230 valence electrons. The van der Waals surface area contributed by atoms with E-state index in [1.807, 2.05) is 6.07 Å². The van der Waals surface area contributed by atoms with Crippen LogP contribution in [-0.2, 0) is 18.5 Å². The van der Waals surface area contributed by atoms with Gasteiger partial charge in [0.05, 0.1) is 50.0 Å². The van der Waals surface area contributed by atoms with Crippen molar-refractivity contribution >= 4 is 43.6 Å². The Hall–Kier alpha value is -5.44. The summed E-state index contributed by atoms with van der Waals surface area (Å²) < 4.78 is 129. The Morgan fingerprint density at radius 3 is 1.50 bits per heavy atom. The Labute approximate surface area is 252 Å². The van der Waals surface area contributed by atoms with Crippen molar-refractivity contribution < 1.29 is 39.5 Å². The smallest absolute Gasteiger partial charge is 0.309 e. The predicted molar refractivity (Wildman–Crippen MR) is 155 cm³/mol. The molecule has 2 aromatic heterocycles. The summed E-state index contributed by atoms with van der Waals surface area (Å²) in [6.45, 7) is 0. The van der Waals surface area contributed by atoms with E-state index in [2.05, 4.69) is 0 Å². The Kier molecular flexibility index (Phi) is 6.22. The van der Waals surface area contributed by atoms with Crippen LogP contribution < -0.4 is 0 Å².